The molecule has 0 aliphatic rings. The average Bonchev–Trinajstić information content (AvgIpc) is 3.15. The number of hydrogen-bond donors (Lipinski definition) is 0. The molecule has 2 aromatic carbocycles. The molecule has 130 valence electrons. The minimum atomic E-state index is -0.235. The van der Waals surface area contributed by atoms with Crippen LogP contribution in [-0.2, 0) is 6.54 Å². The van der Waals surface area contributed by atoms with Crippen LogP contribution in [0.1, 0.15) is 16.1 Å². The summed E-state index contributed by atoms with van der Waals surface area (Å²) in [5, 5.41) is 8.03. The largest absolute Gasteiger partial charge is 0.481 e. The maximum Gasteiger partial charge on any atom is 0.280 e. The minimum Gasteiger partial charge on any atom is -0.481 e. The van der Waals surface area contributed by atoms with E-state index >= 15 is 0 Å². The van der Waals surface area contributed by atoms with Gasteiger partial charge in [0.2, 0.25) is 0 Å². The molecule has 0 atom stereocenters. The van der Waals surface area contributed by atoms with Crippen LogP contribution in [0, 0.1) is 12.3 Å². The van der Waals surface area contributed by atoms with Gasteiger partial charge in [-0.15, -0.1) is 11.5 Å². The van der Waals surface area contributed by atoms with Gasteiger partial charge in [0.05, 0.1) is 12.7 Å². The summed E-state index contributed by atoms with van der Waals surface area (Å²) in [6, 6.07) is 17.0. The molecule has 0 spiro atoms. The minimum absolute atomic E-state index is 0.207. The predicted octanol–water partition coefficient (Wildman–Crippen LogP) is 2.62. The topological polar surface area (TPSA) is 60.2 Å². The Morgan fingerprint density at radius 2 is 1.92 bits per heavy atom. The number of nitrogens with zero attached hydrogens (tertiary/aromatic N) is 4. The van der Waals surface area contributed by atoms with Crippen molar-refractivity contribution >= 4 is 11.6 Å². The van der Waals surface area contributed by atoms with E-state index in [-0.39, 0.29) is 18.2 Å². The van der Waals surface area contributed by atoms with Crippen LogP contribution in [0.15, 0.2) is 60.8 Å². The van der Waals surface area contributed by atoms with E-state index in [1.54, 1.807) is 42.2 Å². The first-order chi connectivity index (χ1) is 12.7. The maximum atomic E-state index is 12.6. The number of hydrogen-bond acceptors (Lipinski definition) is 4. The smallest absolute Gasteiger partial charge is 0.280 e. The Hall–Kier alpha value is -3.59. The molecule has 0 fully saturated rings. The van der Waals surface area contributed by atoms with Crippen LogP contribution in [-0.4, -0.2) is 34.6 Å². The molecule has 6 nitrogen and oxygen atoms in total. The maximum absolute atomic E-state index is 12.6. The number of benzene rings is 2. The van der Waals surface area contributed by atoms with Gasteiger partial charge in [-0.25, -0.2) is 4.68 Å². The molecule has 0 aliphatic carbocycles. The van der Waals surface area contributed by atoms with Crippen molar-refractivity contribution in [2.45, 2.75) is 6.54 Å². The number of amides is 1. The highest BCUT2D eigenvalue weighted by Gasteiger charge is 2.17. The molecular formula is C20H18N4O2. The molecule has 26 heavy (non-hydrogen) atoms. The molecule has 1 amide bonds. The summed E-state index contributed by atoms with van der Waals surface area (Å²) >= 11 is 0. The normalized spacial score (nSPS) is 10.2. The Morgan fingerprint density at radius 1 is 1.19 bits per heavy atom. The van der Waals surface area contributed by atoms with Crippen LogP contribution in [0.25, 0.3) is 0 Å². The first-order valence-electron chi connectivity index (χ1n) is 8.06. The highest BCUT2D eigenvalue weighted by Crippen LogP contribution is 2.19. The van der Waals surface area contributed by atoms with E-state index in [0.717, 1.165) is 11.3 Å². The highest BCUT2D eigenvalue weighted by molar-refractivity contribution is 6.04. The molecule has 3 aromatic rings. The monoisotopic (exact) mass is 346 g/mol. The van der Waals surface area contributed by atoms with E-state index in [1.165, 1.54) is 4.90 Å². The third-order valence-corrected chi connectivity index (χ3v) is 3.80. The van der Waals surface area contributed by atoms with Crippen molar-refractivity contribution < 1.29 is 9.53 Å². The molecule has 0 N–H and O–H groups in total. The number of rotatable bonds is 6. The molecular weight excluding hydrogens is 328 g/mol. The van der Waals surface area contributed by atoms with Crippen LogP contribution in [0.4, 0.5) is 5.69 Å². The number of anilines is 1. The fourth-order valence-corrected chi connectivity index (χ4v) is 2.42. The zero-order valence-corrected chi connectivity index (χ0v) is 14.4. The van der Waals surface area contributed by atoms with Gasteiger partial charge in [0.1, 0.15) is 12.4 Å². The Morgan fingerprint density at radius 3 is 2.62 bits per heavy atom. The van der Waals surface area contributed by atoms with Crippen LogP contribution >= 0.6 is 0 Å². The molecule has 1 heterocycles. The van der Waals surface area contributed by atoms with Gasteiger partial charge in [-0.2, -0.15) is 0 Å². The fraction of sp³-hybridized carbons (Fsp3) is 0.150. The quantitative estimate of drug-likeness (QED) is 0.644. The summed E-state index contributed by atoms with van der Waals surface area (Å²) in [7, 11) is 1.69. The second-order valence-corrected chi connectivity index (χ2v) is 5.64. The van der Waals surface area contributed by atoms with E-state index < -0.39 is 0 Å². The van der Waals surface area contributed by atoms with Gasteiger partial charge in [0.25, 0.3) is 5.91 Å². The molecule has 0 aliphatic heterocycles. The van der Waals surface area contributed by atoms with E-state index in [0.29, 0.717) is 12.3 Å². The van der Waals surface area contributed by atoms with Crippen LogP contribution < -0.4 is 9.64 Å². The third-order valence-electron chi connectivity index (χ3n) is 3.80. The van der Waals surface area contributed by atoms with Crippen molar-refractivity contribution in [3.8, 4) is 18.1 Å². The number of aromatic nitrogens is 3. The SMILES string of the molecule is C#CCOc1ccc(N(C)C(=O)c2cn(Cc3ccccc3)nn2)cc1. The van der Waals surface area contributed by atoms with E-state index in [9.17, 15) is 4.79 Å². The van der Waals surface area contributed by atoms with Crippen LogP contribution in [0.5, 0.6) is 5.75 Å². The Balaban J connectivity index is 1.68. The van der Waals surface area contributed by atoms with Crippen molar-refractivity contribution in [3.63, 3.8) is 0 Å². The molecule has 3 rings (SSSR count). The van der Waals surface area contributed by atoms with E-state index in [4.69, 9.17) is 11.2 Å². The standard InChI is InChI=1S/C20H18N4O2/c1-3-13-26-18-11-9-17(10-12-18)23(2)20(25)19-15-24(22-21-19)14-16-7-5-4-6-8-16/h1,4-12,15H,13-14H2,2H3. The second-order valence-electron chi connectivity index (χ2n) is 5.64. The number of ether oxygens (including phenoxy) is 1. The van der Waals surface area contributed by atoms with Crippen molar-refractivity contribution in [2.24, 2.45) is 0 Å². The van der Waals surface area contributed by atoms with Gasteiger partial charge in [-0.05, 0) is 29.8 Å². The second kappa shape index (κ2) is 7.99. The van der Waals surface area contributed by atoms with Crippen molar-refractivity contribution in [2.75, 3.05) is 18.6 Å². The predicted molar refractivity (Wildman–Crippen MR) is 99.1 cm³/mol. The van der Waals surface area contributed by atoms with E-state index in [2.05, 4.69) is 16.2 Å². The van der Waals surface area contributed by atoms with Crippen LogP contribution in [0.2, 0.25) is 0 Å². The summed E-state index contributed by atoms with van der Waals surface area (Å²) in [4.78, 5) is 14.1. The number of carbonyl (C=O) groups is 1. The summed E-state index contributed by atoms with van der Waals surface area (Å²) in [5.74, 6) is 2.83. The first kappa shape index (κ1) is 17.2. The lowest BCUT2D eigenvalue weighted by Gasteiger charge is -2.16. The van der Waals surface area contributed by atoms with Crippen molar-refractivity contribution in [1.82, 2.24) is 15.0 Å². The lowest BCUT2D eigenvalue weighted by molar-refractivity contribution is 0.0988. The van der Waals surface area contributed by atoms with Gasteiger partial charge in [-0.3, -0.25) is 4.79 Å². The van der Waals surface area contributed by atoms with Gasteiger partial charge in [0.15, 0.2) is 5.69 Å². The summed E-state index contributed by atoms with van der Waals surface area (Å²) in [5.41, 5.74) is 2.10. The van der Waals surface area contributed by atoms with Gasteiger partial charge in [-0.1, -0.05) is 41.5 Å². The number of terminal acetylenes is 1. The zero-order chi connectivity index (χ0) is 18.4. The molecule has 0 radical (unpaired) electrons. The summed E-state index contributed by atoms with van der Waals surface area (Å²) in [6.45, 7) is 0.769. The highest BCUT2D eigenvalue weighted by atomic mass is 16.5. The molecule has 1 aromatic heterocycles. The van der Waals surface area contributed by atoms with Gasteiger partial charge >= 0.3 is 0 Å². The third kappa shape index (κ3) is 4.08. The molecule has 0 saturated heterocycles. The molecule has 0 bridgehead atoms. The Bertz CT molecular complexity index is 911. The van der Waals surface area contributed by atoms with Crippen molar-refractivity contribution in [1.29, 1.82) is 0 Å². The molecule has 0 saturated carbocycles. The lowest BCUT2D eigenvalue weighted by Crippen LogP contribution is -2.26. The number of carbonyl (C=O) groups excluding carboxylic acids is 1. The lowest BCUT2D eigenvalue weighted by atomic mass is 10.2. The summed E-state index contributed by atoms with van der Waals surface area (Å²) < 4.78 is 6.98. The van der Waals surface area contributed by atoms with E-state index in [1.807, 2.05) is 30.3 Å². The Kier molecular flexibility index (Phi) is 5.30. The van der Waals surface area contributed by atoms with Gasteiger partial charge < -0.3 is 9.64 Å². The van der Waals surface area contributed by atoms with Crippen molar-refractivity contribution in [3.05, 3.63) is 72.1 Å². The average molecular weight is 346 g/mol. The van der Waals surface area contributed by atoms with Crippen LogP contribution in [0.3, 0.4) is 0 Å². The molecule has 6 heteroatoms. The summed E-state index contributed by atoms with van der Waals surface area (Å²) in [6.07, 6.45) is 6.82. The Labute approximate surface area is 152 Å². The van der Waals surface area contributed by atoms with Gasteiger partial charge in [0, 0.05) is 12.7 Å². The zero-order valence-electron chi connectivity index (χ0n) is 14.4. The molecule has 0 unspecified atom stereocenters. The fourth-order valence-electron chi connectivity index (χ4n) is 2.42. The first-order valence-corrected chi connectivity index (χ1v) is 8.06.